The molecule has 0 atom stereocenters. The Morgan fingerprint density at radius 1 is 1.04 bits per heavy atom. The average molecular weight is 344 g/mol. The van der Waals surface area contributed by atoms with E-state index < -0.39 is 10.0 Å². The van der Waals surface area contributed by atoms with Crippen LogP contribution in [0.15, 0.2) is 46.9 Å². The van der Waals surface area contributed by atoms with Crippen molar-refractivity contribution in [2.75, 3.05) is 6.54 Å². The van der Waals surface area contributed by atoms with Crippen molar-refractivity contribution in [1.82, 2.24) is 9.71 Å². The summed E-state index contributed by atoms with van der Waals surface area (Å²) in [5.74, 6) is 0.620. The first-order chi connectivity index (χ1) is 11.4. The molecular formula is C18H20N2O3S. The number of nitrogens with one attached hydrogen (secondary N) is 1. The molecule has 0 radical (unpaired) electrons. The van der Waals surface area contributed by atoms with Crippen LogP contribution in [0.3, 0.4) is 0 Å². The Bertz CT molecular complexity index is 944. The van der Waals surface area contributed by atoms with Crippen molar-refractivity contribution in [3.05, 3.63) is 65.0 Å². The first-order valence-corrected chi connectivity index (χ1v) is 9.45. The van der Waals surface area contributed by atoms with Crippen LogP contribution in [0.4, 0.5) is 0 Å². The second kappa shape index (κ2) is 6.75. The third kappa shape index (κ3) is 4.21. The van der Waals surface area contributed by atoms with Gasteiger partial charge in [-0.2, -0.15) is 0 Å². The highest BCUT2D eigenvalue weighted by Crippen LogP contribution is 2.17. The molecule has 0 bridgehead atoms. The Hall–Kier alpha value is -2.18. The quantitative estimate of drug-likeness (QED) is 0.746. The van der Waals surface area contributed by atoms with E-state index in [1.807, 2.05) is 49.4 Å². The van der Waals surface area contributed by atoms with Crippen LogP contribution in [0.25, 0.3) is 11.1 Å². The zero-order chi connectivity index (χ0) is 17.2. The molecule has 6 heteroatoms. The maximum Gasteiger partial charge on any atom is 0.215 e. The summed E-state index contributed by atoms with van der Waals surface area (Å²) in [5.41, 5.74) is 4.45. The standard InChI is InChI=1S/C18H20N2O3S/c1-13-3-5-16(6-4-13)12-24(21,22)19-10-9-15-7-8-17-18(11-15)23-14(2)20-17/h3-8,11,19H,9-10,12H2,1-2H3. The first kappa shape index (κ1) is 16.7. The number of nitrogens with zero attached hydrogens (tertiary/aromatic N) is 1. The largest absolute Gasteiger partial charge is 0.441 e. The number of hydrogen-bond acceptors (Lipinski definition) is 4. The number of fused-ring (bicyclic) bond motifs is 1. The van der Waals surface area contributed by atoms with Crippen LogP contribution in [0.1, 0.15) is 22.6 Å². The predicted octanol–water partition coefficient (Wildman–Crippen LogP) is 3.11. The molecule has 0 aliphatic rings. The maximum absolute atomic E-state index is 12.2. The van der Waals surface area contributed by atoms with E-state index in [9.17, 15) is 8.42 Å². The number of sulfonamides is 1. The van der Waals surface area contributed by atoms with Crippen LogP contribution in [0, 0.1) is 13.8 Å². The molecular weight excluding hydrogens is 324 g/mol. The minimum absolute atomic E-state index is 0.00634. The van der Waals surface area contributed by atoms with Gasteiger partial charge in [0, 0.05) is 13.5 Å². The smallest absolute Gasteiger partial charge is 0.215 e. The molecule has 0 fully saturated rings. The summed E-state index contributed by atoms with van der Waals surface area (Å²) in [6.45, 7) is 4.13. The van der Waals surface area contributed by atoms with Gasteiger partial charge in [0.2, 0.25) is 10.0 Å². The summed E-state index contributed by atoms with van der Waals surface area (Å²) in [5, 5.41) is 0. The number of oxazole rings is 1. The van der Waals surface area contributed by atoms with Crippen LogP contribution < -0.4 is 4.72 Å². The lowest BCUT2D eigenvalue weighted by atomic mass is 10.1. The SMILES string of the molecule is Cc1ccc(CS(=O)(=O)NCCc2ccc3nc(C)oc3c2)cc1. The molecule has 1 aromatic heterocycles. The number of benzene rings is 2. The van der Waals surface area contributed by atoms with Gasteiger partial charge in [-0.25, -0.2) is 18.1 Å². The van der Waals surface area contributed by atoms with Crippen LogP contribution in [-0.4, -0.2) is 19.9 Å². The highest BCUT2D eigenvalue weighted by molar-refractivity contribution is 7.88. The van der Waals surface area contributed by atoms with Crippen LogP contribution >= 0.6 is 0 Å². The number of aromatic nitrogens is 1. The van der Waals surface area contributed by atoms with Crippen LogP contribution in [0.2, 0.25) is 0 Å². The number of aryl methyl sites for hydroxylation is 2. The number of rotatable bonds is 6. The molecule has 5 nitrogen and oxygen atoms in total. The summed E-state index contributed by atoms with van der Waals surface area (Å²) in [6.07, 6.45) is 0.600. The Morgan fingerprint density at radius 3 is 2.50 bits per heavy atom. The molecule has 24 heavy (non-hydrogen) atoms. The molecule has 3 aromatic rings. The zero-order valence-corrected chi connectivity index (χ0v) is 14.6. The highest BCUT2D eigenvalue weighted by Gasteiger charge is 2.11. The minimum atomic E-state index is -3.34. The minimum Gasteiger partial charge on any atom is -0.441 e. The molecule has 3 rings (SSSR count). The fourth-order valence-electron chi connectivity index (χ4n) is 2.55. The van der Waals surface area contributed by atoms with Crippen molar-refractivity contribution in [1.29, 1.82) is 0 Å². The van der Waals surface area contributed by atoms with E-state index in [4.69, 9.17) is 4.42 Å². The first-order valence-electron chi connectivity index (χ1n) is 7.80. The third-order valence-electron chi connectivity index (χ3n) is 3.77. The summed E-state index contributed by atoms with van der Waals surface area (Å²) in [6, 6.07) is 13.3. The Morgan fingerprint density at radius 2 is 1.75 bits per heavy atom. The molecule has 1 heterocycles. The summed E-state index contributed by atoms with van der Waals surface area (Å²) in [7, 11) is -3.34. The Balaban J connectivity index is 1.58. The van der Waals surface area contributed by atoms with Gasteiger partial charge >= 0.3 is 0 Å². The molecule has 126 valence electrons. The molecule has 0 unspecified atom stereocenters. The Labute approximate surface area is 141 Å². The zero-order valence-electron chi connectivity index (χ0n) is 13.7. The molecule has 0 saturated carbocycles. The van der Waals surface area contributed by atoms with Crippen molar-refractivity contribution < 1.29 is 12.8 Å². The van der Waals surface area contributed by atoms with Gasteiger partial charge < -0.3 is 4.42 Å². The average Bonchev–Trinajstić information content (AvgIpc) is 2.88. The van der Waals surface area contributed by atoms with Gasteiger partial charge in [-0.1, -0.05) is 35.9 Å². The summed E-state index contributed by atoms with van der Waals surface area (Å²) < 4.78 is 32.4. The lowest BCUT2D eigenvalue weighted by Gasteiger charge is -2.07. The van der Waals surface area contributed by atoms with Crippen molar-refractivity contribution in [3.8, 4) is 0 Å². The van der Waals surface area contributed by atoms with Crippen molar-refractivity contribution in [2.45, 2.75) is 26.0 Å². The topological polar surface area (TPSA) is 72.2 Å². The molecule has 0 aliphatic carbocycles. The molecule has 0 amide bonds. The van der Waals surface area contributed by atoms with Crippen LogP contribution in [0.5, 0.6) is 0 Å². The predicted molar refractivity (Wildman–Crippen MR) is 94.3 cm³/mol. The highest BCUT2D eigenvalue weighted by atomic mass is 32.2. The molecule has 2 aromatic carbocycles. The van der Waals surface area contributed by atoms with Gasteiger partial charge in [0.1, 0.15) is 5.52 Å². The summed E-state index contributed by atoms with van der Waals surface area (Å²) in [4.78, 5) is 4.25. The maximum atomic E-state index is 12.2. The summed E-state index contributed by atoms with van der Waals surface area (Å²) >= 11 is 0. The molecule has 0 aliphatic heterocycles. The lowest BCUT2D eigenvalue weighted by Crippen LogP contribution is -2.27. The molecule has 0 saturated heterocycles. The fraction of sp³-hybridized carbons (Fsp3) is 0.278. The van der Waals surface area contributed by atoms with Gasteiger partial charge in [-0.3, -0.25) is 0 Å². The van der Waals surface area contributed by atoms with E-state index in [2.05, 4.69) is 9.71 Å². The van der Waals surface area contributed by atoms with Crippen molar-refractivity contribution in [2.24, 2.45) is 0 Å². The fourth-order valence-corrected chi connectivity index (χ4v) is 3.69. The monoisotopic (exact) mass is 344 g/mol. The van der Waals surface area contributed by atoms with Crippen LogP contribution in [-0.2, 0) is 22.2 Å². The molecule has 0 spiro atoms. The van der Waals surface area contributed by atoms with Gasteiger partial charge in [0.05, 0.1) is 5.75 Å². The van der Waals surface area contributed by atoms with E-state index in [1.54, 1.807) is 6.92 Å². The van der Waals surface area contributed by atoms with E-state index in [1.165, 1.54) is 0 Å². The Kier molecular flexibility index (Phi) is 4.69. The second-order valence-corrected chi connectivity index (χ2v) is 7.73. The van der Waals surface area contributed by atoms with E-state index in [0.717, 1.165) is 27.8 Å². The van der Waals surface area contributed by atoms with Gasteiger partial charge in [-0.15, -0.1) is 0 Å². The van der Waals surface area contributed by atoms with Crippen molar-refractivity contribution in [3.63, 3.8) is 0 Å². The van der Waals surface area contributed by atoms with E-state index >= 15 is 0 Å². The number of hydrogen-bond donors (Lipinski definition) is 1. The van der Waals surface area contributed by atoms with Gasteiger partial charge in [-0.05, 0) is 36.6 Å². The second-order valence-electron chi connectivity index (χ2n) is 5.92. The van der Waals surface area contributed by atoms with E-state index in [-0.39, 0.29) is 5.75 Å². The van der Waals surface area contributed by atoms with E-state index in [0.29, 0.717) is 18.9 Å². The van der Waals surface area contributed by atoms with Gasteiger partial charge in [0.25, 0.3) is 0 Å². The molecule has 1 N–H and O–H groups in total. The normalized spacial score (nSPS) is 11.9. The van der Waals surface area contributed by atoms with Crippen molar-refractivity contribution >= 4 is 21.1 Å². The van der Waals surface area contributed by atoms with Gasteiger partial charge in [0.15, 0.2) is 11.5 Å². The third-order valence-corrected chi connectivity index (χ3v) is 5.13. The lowest BCUT2D eigenvalue weighted by molar-refractivity contribution is 0.560.